The van der Waals surface area contributed by atoms with Crippen LogP contribution in [0, 0.1) is 6.92 Å². The number of rotatable bonds is 8. The molecule has 0 saturated carbocycles. The third-order valence-electron chi connectivity index (χ3n) is 4.56. The van der Waals surface area contributed by atoms with E-state index >= 15 is 0 Å². The molecule has 0 radical (unpaired) electrons. The SMILES string of the molecule is COC(C)C(NC(=O)OC(C)(C)C)C(=O)c1c(C)c(O)n(OCc2ccccc2)c1O. The number of carbonyl (C=O) groups excluding carboxylic acids is 2. The molecule has 31 heavy (non-hydrogen) atoms. The van der Waals surface area contributed by atoms with Crippen LogP contribution in [-0.2, 0) is 16.1 Å². The smallest absolute Gasteiger partial charge is 0.408 e. The van der Waals surface area contributed by atoms with Crippen LogP contribution in [0.3, 0.4) is 0 Å². The summed E-state index contributed by atoms with van der Waals surface area (Å²) in [7, 11) is 1.39. The first kappa shape index (κ1) is 24.1. The summed E-state index contributed by atoms with van der Waals surface area (Å²) >= 11 is 0. The average molecular weight is 434 g/mol. The molecule has 0 fully saturated rings. The summed E-state index contributed by atoms with van der Waals surface area (Å²) in [6.07, 6.45) is -1.55. The van der Waals surface area contributed by atoms with E-state index < -0.39 is 41.4 Å². The highest BCUT2D eigenvalue weighted by molar-refractivity contribution is 6.05. The standard InChI is InChI=1S/C22H30N2O7/c1-13-16(18(25)17(14(2)29-6)23-21(28)31-22(3,4)5)20(27)24(19(13)26)30-12-15-10-8-7-9-11-15/h7-11,14,17,26-27H,12H2,1-6H3,(H,23,28). The number of hydrogen-bond acceptors (Lipinski definition) is 7. The van der Waals surface area contributed by atoms with Crippen LogP contribution >= 0.6 is 0 Å². The minimum absolute atomic E-state index is 0.0533. The molecule has 1 aromatic carbocycles. The lowest BCUT2D eigenvalue weighted by Gasteiger charge is -2.26. The Morgan fingerprint density at radius 3 is 2.29 bits per heavy atom. The molecule has 1 amide bonds. The highest BCUT2D eigenvalue weighted by Crippen LogP contribution is 2.33. The zero-order chi connectivity index (χ0) is 23.3. The minimum atomic E-state index is -1.17. The fourth-order valence-corrected chi connectivity index (χ4v) is 2.89. The second-order valence-corrected chi connectivity index (χ2v) is 8.13. The van der Waals surface area contributed by atoms with Gasteiger partial charge >= 0.3 is 6.09 Å². The Kier molecular flexibility index (Phi) is 7.56. The number of nitrogens with one attached hydrogen (secondary N) is 1. The lowest BCUT2D eigenvalue weighted by molar-refractivity contribution is 0.0350. The molecule has 9 nitrogen and oxygen atoms in total. The molecule has 0 saturated heterocycles. The number of Topliss-reactive ketones (excluding diaryl/α,β-unsaturated/α-hetero) is 1. The fourth-order valence-electron chi connectivity index (χ4n) is 2.89. The normalized spacial score (nSPS) is 13.4. The van der Waals surface area contributed by atoms with Gasteiger partial charge in [0.05, 0.1) is 11.7 Å². The summed E-state index contributed by atoms with van der Waals surface area (Å²) in [6, 6.07) is 7.97. The molecule has 2 rings (SSSR count). The van der Waals surface area contributed by atoms with Gasteiger partial charge in [0.15, 0.2) is 5.78 Å². The largest absolute Gasteiger partial charge is 0.492 e. The second-order valence-electron chi connectivity index (χ2n) is 8.13. The van der Waals surface area contributed by atoms with Gasteiger partial charge in [-0.2, -0.15) is 0 Å². The molecular weight excluding hydrogens is 404 g/mol. The number of hydrogen-bond donors (Lipinski definition) is 3. The summed E-state index contributed by atoms with van der Waals surface area (Å²) in [5, 5.41) is 23.5. The first-order valence-electron chi connectivity index (χ1n) is 9.83. The number of aromatic nitrogens is 1. The Morgan fingerprint density at radius 2 is 1.74 bits per heavy atom. The van der Waals surface area contributed by atoms with Crippen LogP contribution in [0.2, 0.25) is 0 Å². The van der Waals surface area contributed by atoms with Crippen LogP contribution in [0.4, 0.5) is 4.79 Å². The number of methoxy groups -OCH3 is 1. The first-order chi connectivity index (χ1) is 14.5. The molecule has 2 unspecified atom stereocenters. The van der Waals surface area contributed by atoms with E-state index in [-0.39, 0.29) is 17.7 Å². The van der Waals surface area contributed by atoms with E-state index in [9.17, 15) is 19.8 Å². The molecule has 1 aromatic heterocycles. The van der Waals surface area contributed by atoms with E-state index in [0.29, 0.717) is 0 Å². The van der Waals surface area contributed by atoms with Crippen LogP contribution in [0.5, 0.6) is 11.8 Å². The van der Waals surface area contributed by atoms with Gasteiger partial charge in [-0.25, -0.2) is 4.79 Å². The number of ketones is 1. The van der Waals surface area contributed by atoms with Crippen molar-refractivity contribution in [1.82, 2.24) is 10.0 Å². The third kappa shape index (κ3) is 5.91. The molecule has 1 heterocycles. The van der Waals surface area contributed by atoms with E-state index in [0.717, 1.165) is 10.3 Å². The van der Waals surface area contributed by atoms with Gasteiger partial charge in [-0.05, 0) is 40.2 Å². The highest BCUT2D eigenvalue weighted by atomic mass is 16.7. The van der Waals surface area contributed by atoms with Crippen molar-refractivity contribution in [2.24, 2.45) is 0 Å². The predicted octanol–water partition coefficient (Wildman–Crippen LogP) is 2.95. The molecule has 3 N–H and O–H groups in total. The Labute approximate surface area is 181 Å². The van der Waals surface area contributed by atoms with Gasteiger partial charge in [0.25, 0.3) is 0 Å². The van der Waals surface area contributed by atoms with Crippen molar-refractivity contribution >= 4 is 11.9 Å². The van der Waals surface area contributed by atoms with Crippen molar-refractivity contribution in [3.8, 4) is 11.8 Å². The summed E-state index contributed by atoms with van der Waals surface area (Å²) in [6.45, 7) is 8.20. The number of aromatic hydroxyl groups is 2. The molecule has 0 bridgehead atoms. The van der Waals surface area contributed by atoms with Gasteiger partial charge in [0, 0.05) is 12.7 Å². The maximum atomic E-state index is 13.2. The molecule has 9 heteroatoms. The van der Waals surface area contributed by atoms with E-state index in [1.54, 1.807) is 27.7 Å². The molecule has 170 valence electrons. The summed E-state index contributed by atoms with van der Waals surface area (Å²) in [4.78, 5) is 31.0. The lowest BCUT2D eigenvalue weighted by atomic mass is 9.99. The van der Waals surface area contributed by atoms with Gasteiger partial charge in [0.1, 0.15) is 18.2 Å². The Bertz CT molecular complexity index is 916. The molecule has 2 aromatic rings. The predicted molar refractivity (Wildman–Crippen MR) is 113 cm³/mol. The summed E-state index contributed by atoms with van der Waals surface area (Å²) in [5.74, 6) is -1.65. The van der Waals surface area contributed by atoms with E-state index in [2.05, 4.69) is 5.32 Å². The summed E-state index contributed by atoms with van der Waals surface area (Å²) in [5.41, 5.74) is -0.0396. The molecule has 2 atom stereocenters. The van der Waals surface area contributed by atoms with Crippen LogP contribution in [-0.4, -0.2) is 51.7 Å². The molecule has 0 aliphatic rings. The zero-order valence-electron chi connectivity index (χ0n) is 18.6. The van der Waals surface area contributed by atoms with E-state index in [4.69, 9.17) is 14.3 Å². The fraction of sp³-hybridized carbons (Fsp3) is 0.455. The first-order valence-corrected chi connectivity index (χ1v) is 9.83. The highest BCUT2D eigenvalue weighted by Gasteiger charge is 2.35. The number of carbonyl (C=O) groups is 2. The van der Waals surface area contributed by atoms with Crippen LogP contribution in [0.15, 0.2) is 30.3 Å². The topological polar surface area (TPSA) is 119 Å². The summed E-state index contributed by atoms with van der Waals surface area (Å²) < 4.78 is 11.3. The number of amides is 1. The molecule has 0 aliphatic carbocycles. The van der Waals surface area contributed by atoms with Gasteiger partial charge in [-0.1, -0.05) is 30.3 Å². The maximum absolute atomic E-state index is 13.2. The quantitative estimate of drug-likeness (QED) is 0.547. The van der Waals surface area contributed by atoms with Crippen molar-refractivity contribution in [2.75, 3.05) is 7.11 Å². The van der Waals surface area contributed by atoms with E-state index in [1.165, 1.54) is 14.0 Å². The van der Waals surface area contributed by atoms with Crippen molar-refractivity contribution in [3.63, 3.8) is 0 Å². The van der Waals surface area contributed by atoms with Crippen LogP contribution in [0.25, 0.3) is 0 Å². The minimum Gasteiger partial charge on any atom is -0.492 e. The molecular formula is C22H30N2O7. The number of alkyl carbamates (subject to hydrolysis) is 1. The number of benzene rings is 1. The van der Waals surface area contributed by atoms with Gasteiger partial charge in [-0.15, -0.1) is 4.73 Å². The van der Waals surface area contributed by atoms with E-state index in [1.807, 2.05) is 30.3 Å². The van der Waals surface area contributed by atoms with Crippen LogP contribution in [0.1, 0.15) is 49.2 Å². The van der Waals surface area contributed by atoms with Crippen molar-refractivity contribution in [2.45, 2.75) is 59.0 Å². The van der Waals surface area contributed by atoms with Gasteiger partial charge in [0.2, 0.25) is 11.8 Å². The van der Waals surface area contributed by atoms with Crippen molar-refractivity contribution < 1.29 is 34.1 Å². The maximum Gasteiger partial charge on any atom is 0.408 e. The zero-order valence-corrected chi connectivity index (χ0v) is 18.6. The van der Waals surface area contributed by atoms with Crippen LogP contribution < -0.4 is 10.2 Å². The lowest BCUT2D eigenvalue weighted by Crippen LogP contribution is -2.49. The third-order valence-corrected chi connectivity index (χ3v) is 4.56. The van der Waals surface area contributed by atoms with Gasteiger partial charge in [-0.3, -0.25) is 4.79 Å². The average Bonchev–Trinajstić information content (AvgIpc) is 2.91. The Balaban J connectivity index is 2.31. The van der Waals surface area contributed by atoms with Gasteiger partial charge < -0.3 is 29.8 Å². The molecule has 0 aliphatic heterocycles. The van der Waals surface area contributed by atoms with Crippen molar-refractivity contribution in [3.05, 3.63) is 47.0 Å². The number of ether oxygens (including phenoxy) is 2. The molecule has 0 spiro atoms. The Hall–Kier alpha value is -3.20. The second kappa shape index (κ2) is 9.74. The van der Waals surface area contributed by atoms with Crippen molar-refractivity contribution in [1.29, 1.82) is 0 Å². The Morgan fingerprint density at radius 1 is 1.13 bits per heavy atom. The monoisotopic (exact) mass is 434 g/mol. The number of nitrogens with zero attached hydrogens (tertiary/aromatic N) is 1.